The minimum atomic E-state index is -0.0376. The van der Waals surface area contributed by atoms with Gasteiger partial charge >= 0.3 is 0 Å². The van der Waals surface area contributed by atoms with E-state index in [2.05, 4.69) is 32.8 Å². The van der Waals surface area contributed by atoms with Crippen LogP contribution in [-0.2, 0) is 4.84 Å². The molecule has 0 aromatic heterocycles. The summed E-state index contributed by atoms with van der Waals surface area (Å²) in [4.78, 5) is 5.46. The van der Waals surface area contributed by atoms with E-state index in [1.165, 1.54) is 0 Å². The molecule has 62 valence electrons. The summed E-state index contributed by atoms with van der Waals surface area (Å²) in [5, 5.41) is 3.30. The monoisotopic (exact) mass is 218 g/mol. The van der Waals surface area contributed by atoms with E-state index < -0.39 is 0 Å². The van der Waals surface area contributed by atoms with Gasteiger partial charge in [0.15, 0.2) is 0 Å². The number of nitrogens with one attached hydrogen (secondary N) is 2. The van der Waals surface area contributed by atoms with Crippen molar-refractivity contribution in [2.45, 2.75) is 18.4 Å². The van der Waals surface area contributed by atoms with Crippen molar-refractivity contribution in [1.29, 1.82) is 0 Å². The molecule has 2 aliphatic heterocycles. The van der Waals surface area contributed by atoms with Crippen LogP contribution in [0.1, 0.15) is 12.8 Å². The molecule has 3 nitrogen and oxygen atoms in total. The third-order valence-electron chi connectivity index (χ3n) is 2.19. The first kappa shape index (κ1) is 7.58. The van der Waals surface area contributed by atoms with Gasteiger partial charge in [0.25, 0.3) is 0 Å². The van der Waals surface area contributed by atoms with E-state index in [4.69, 9.17) is 4.84 Å². The first-order chi connectivity index (χ1) is 5.31. The van der Waals surface area contributed by atoms with Gasteiger partial charge in [-0.3, -0.25) is 10.3 Å². The molecule has 0 amide bonds. The summed E-state index contributed by atoms with van der Waals surface area (Å²) in [6.45, 7) is 2.08. The van der Waals surface area contributed by atoms with E-state index in [1.807, 2.05) is 0 Å². The Morgan fingerprint density at radius 1 is 1.45 bits per heavy atom. The second-order valence-corrected chi connectivity index (χ2v) is 3.87. The highest BCUT2D eigenvalue weighted by molar-refractivity contribution is 9.11. The van der Waals surface area contributed by atoms with Crippen LogP contribution in [0.4, 0.5) is 0 Å². The molecule has 2 rings (SSSR count). The predicted octanol–water partition coefficient (Wildman–Crippen LogP) is 0.880. The molecule has 0 unspecified atom stereocenters. The number of halogens is 1. The van der Waals surface area contributed by atoms with Crippen LogP contribution in [0, 0.1) is 0 Å². The van der Waals surface area contributed by atoms with Crippen LogP contribution in [0.15, 0.2) is 10.7 Å². The van der Waals surface area contributed by atoms with Crippen LogP contribution in [0.2, 0.25) is 0 Å². The molecule has 0 aromatic carbocycles. The molecule has 0 radical (unpaired) electrons. The zero-order valence-electron chi connectivity index (χ0n) is 6.19. The number of piperidine rings is 1. The van der Waals surface area contributed by atoms with Crippen LogP contribution in [0.5, 0.6) is 0 Å². The minimum absolute atomic E-state index is 0.0376. The summed E-state index contributed by atoms with van der Waals surface area (Å²) < 4.78 is 0.958. The second kappa shape index (κ2) is 2.77. The smallest absolute Gasteiger partial charge is 0.119 e. The minimum Gasteiger partial charge on any atom is -0.316 e. The molecule has 4 heteroatoms. The fraction of sp³-hybridized carbons (Fsp3) is 0.714. The molecule has 0 saturated carbocycles. The zero-order valence-corrected chi connectivity index (χ0v) is 7.78. The van der Waals surface area contributed by atoms with Gasteiger partial charge in [-0.15, -0.1) is 0 Å². The van der Waals surface area contributed by atoms with Gasteiger partial charge in [0.2, 0.25) is 0 Å². The molecule has 11 heavy (non-hydrogen) atoms. The summed E-state index contributed by atoms with van der Waals surface area (Å²) in [5.41, 5.74) is 2.79. The van der Waals surface area contributed by atoms with E-state index >= 15 is 0 Å². The molecular formula is C7H11BrN2O. The first-order valence-electron chi connectivity index (χ1n) is 3.84. The Hall–Kier alpha value is -0.0600. The van der Waals surface area contributed by atoms with E-state index in [9.17, 15) is 0 Å². The van der Waals surface area contributed by atoms with E-state index in [1.54, 1.807) is 0 Å². The van der Waals surface area contributed by atoms with Crippen molar-refractivity contribution in [3.05, 3.63) is 10.7 Å². The van der Waals surface area contributed by atoms with Crippen molar-refractivity contribution in [3.63, 3.8) is 0 Å². The van der Waals surface area contributed by atoms with Crippen molar-refractivity contribution >= 4 is 15.9 Å². The fourth-order valence-electron chi connectivity index (χ4n) is 1.54. The number of rotatable bonds is 0. The molecule has 2 heterocycles. The molecular weight excluding hydrogens is 208 g/mol. The summed E-state index contributed by atoms with van der Waals surface area (Å²) >= 11 is 3.35. The van der Waals surface area contributed by atoms with Crippen molar-refractivity contribution < 1.29 is 4.84 Å². The van der Waals surface area contributed by atoms with Gasteiger partial charge in [-0.1, -0.05) is 0 Å². The quantitative estimate of drug-likeness (QED) is 0.593. The molecule has 0 aromatic rings. The van der Waals surface area contributed by atoms with Gasteiger partial charge in [0, 0.05) is 0 Å². The topological polar surface area (TPSA) is 33.3 Å². The lowest BCUT2D eigenvalue weighted by atomic mass is 9.93. The molecule has 0 aliphatic carbocycles. The molecule has 2 N–H and O–H groups in total. The Morgan fingerprint density at radius 3 is 2.73 bits per heavy atom. The first-order valence-corrected chi connectivity index (χ1v) is 4.63. The number of hydrogen-bond acceptors (Lipinski definition) is 3. The Morgan fingerprint density at radius 2 is 2.18 bits per heavy atom. The maximum absolute atomic E-state index is 5.46. The van der Waals surface area contributed by atoms with Crippen LogP contribution >= 0.6 is 15.9 Å². The Bertz CT molecular complexity index is 187. The largest absolute Gasteiger partial charge is 0.316 e. The van der Waals surface area contributed by atoms with Gasteiger partial charge in [-0.2, -0.15) is 0 Å². The van der Waals surface area contributed by atoms with Crippen molar-refractivity contribution in [1.82, 2.24) is 10.8 Å². The van der Waals surface area contributed by atoms with Crippen molar-refractivity contribution in [2.75, 3.05) is 13.1 Å². The zero-order chi connectivity index (χ0) is 7.73. The standard InChI is InChI=1S/C7H11BrN2O/c8-6-5-7(11-10-6)1-3-9-4-2-7/h5,9-10H,1-4H2. The van der Waals surface area contributed by atoms with Crippen molar-refractivity contribution in [2.24, 2.45) is 0 Å². The van der Waals surface area contributed by atoms with Crippen molar-refractivity contribution in [3.8, 4) is 0 Å². The predicted molar refractivity (Wildman–Crippen MR) is 46.1 cm³/mol. The SMILES string of the molecule is BrC1=CC2(CCNCC2)ON1. The Labute approximate surface area is 74.3 Å². The molecule has 0 atom stereocenters. The van der Waals surface area contributed by atoms with E-state index in [0.29, 0.717) is 0 Å². The second-order valence-electron chi connectivity index (χ2n) is 3.01. The average Bonchev–Trinajstić information content (AvgIpc) is 2.34. The Kier molecular flexibility index (Phi) is 1.91. The van der Waals surface area contributed by atoms with Crippen LogP contribution in [-0.4, -0.2) is 18.7 Å². The van der Waals surface area contributed by atoms with E-state index in [-0.39, 0.29) is 5.60 Å². The van der Waals surface area contributed by atoms with Gasteiger partial charge in [0.1, 0.15) is 10.2 Å². The highest BCUT2D eigenvalue weighted by Crippen LogP contribution is 2.30. The Balaban J connectivity index is 2.09. The molecule has 1 fully saturated rings. The molecule has 1 spiro atoms. The highest BCUT2D eigenvalue weighted by atomic mass is 79.9. The normalized spacial score (nSPS) is 28.3. The summed E-state index contributed by atoms with van der Waals surface area (Å²) in [7, 11) is 0. The third-order valence-corrected chi connectivity index (χ3v) is 2.58. The third kappa shape index (κ3) is 1.43. The molecule has 0 bridgehead atoms. The average molecular weight is 219 g/mol. The fourth-order valence-corrected chi connectivity index (χ4v) is 2.03. The summed E-state index contributed by atoms with van der Waals surface area (Å²) in [5.74, 6) is 0. The summed E-state index contributed by atoms with van der Waals surface area (Å²) in [6, 6.07) is 0. The van der Waals surface area contributed by atoms with Crippen LogP contribution in [0.3, 0.4) is 0 Å². The highest BCUT2D eigenvalue weighted by Gasteiger charge is 2.35. The lowest BCUT2D eigenvalue weighted by Crippen LogP contribution is -2.41. The van der Waals surface area contributed by atoms with Gasteiger partial charge < -0.3 is 5.32 Å². The maximum atomic E-state index is 5.46. The van der Waals surface area contributed by atoms with E-state index in [0.717, 1.165) is 30.5 Å². The van der Waals surface area contributed by atoms with Gasteiger partial charge in [-0.25, -0.2) is 0 Å². The van der Waals surface area contributed by atoms with Gasteiger partial charge in [0.05, 0.1) is 0 Å². The van der Waals surface area contributed by atoms with Gasteiger partial charge in [-0.05, 0) is 47.9 Å². The number of hydrogen-bond donors (Lipinski definition) is 2. The lowest BCUT2D eigenvalue weighted by Gasteiger charge is -2.29. The maximum Gasteiger partial charge on any atom is 0.119 e. The van der Waals surface area contributed by atoms with Crippen LogP contribution in [0.25, 0.3) is 0 Å². The summed E-state index contributed by atoms with van der Waals surface area (Å²) in [6.07, 6.45) is 4.22. The molecule has 1 saturated heterocycles. The number of hydroxylamine groups is 1. The van der Waals surface area contributed by atoms with Crippen LogP contribution < -0.4 is 10.8 Å². The molecule has 2 aliphatic rings. The lowest BCUT2D eigenvalue weighted by molar-refractivity contribution is -0.0546.